The third-order valence-corrected chi connectivity index (χ3v) is 6.13. The van der Waals surface area contributed by atoms with E-state index in [-0.39, 0.29) is 11.2 Å². The van der Waals surface area contributed by atoms with Gasteiger partial charge in [0.1, 0.15) is 0 Å². The van der Waals surface area contributed by atoms with Crippen LogP contribution in [-0.2, 0) is 4.79 Å². The quantitative estimate of drug-likeness (QED) is 0.620. The normalized spacial score (nSPS) is 16.4. The van der Waals surface area contributed by atoms with E-state index in [4.69, 9.17) is 17.4 Å². The summed E-state index contributed by atoms with van der Waals surface area (Å²) in [6, 6.07) is 7.63. The van der Waals surface area contributed by atoms with Gasteiger partial charge in [-0.25, -0.2) is 4.68 Å². The molecule has 1 aliphatic carbocycles. The predicted octanol–water partition coefficient (Wildman–Crippen LogP) is 3.58. The lowest BCUT2D eigenvalue weighted by Crippen LogP contribution is -2.42. The molecule has 0 saturated heterocycles. The van der Waals surface area contributed by atoms with Crippen LogP contribution in [0.2, 0.25) is 5.02 Å². The molecule has 2 aromatic rings. The number of hydrogen-bond donors (Lipinski definition) is 1. The molecule has 1 unspecified atom stereocenters. The summed E-state index contributed by atoms with van der Waals surface area (Å²) in [6.45, 7) is 1.89. The molecule has 1 saturated carbocycles. The topological polar surface area (TPSA) is 77.0 Å². The third-order valence-electron chi connectivity index (χ3n) is 4.85. The monoisotopic (exact) mass is 393 g/mol. The maximum Gasteiger partial charge on any atom is 0.235 e. The maximum absolute atomic E-state index is 12.8. The van der Waals surface area contributed by atoms with Crippen LogP contribution in [0.3, 0.4) is 0 Å². The number of rotatable bonds is 5. The van der Waals surface area contributed by atoms with Crippen LogP contribution < -0.4 is 5.84 Å². The minimum absolute atomic E-state index is 0.106. The summed E-state index contributed by atoms with van der Waals surface area (Å²) >= 11 is 7.37. The molecule has 6 nitrogen and oxygen atoms in total. The maximum atomic E-state index is 12.8. The first-order valence-corrected chi connectivity index (χ1v) is 10.1. The summed E-state index contributed by atoms with van der Waals surface area (Å²) in [4.78, 5) is 14.7. The van der Waals surface area contributed by atoms with Crippen molar-refractivity contribution in [2.45, 2.75) is 55.5 Å². The number of halogens is 1. The van der Waals surface area contributed by atoms with Gasteiger partial charge >= 0.3 is 0 Å². The molecule has 1 atom stereocenters. The van der Waals surface area contributed by atoms with E-state index in [9.17, 15) is 4.79 Å². The van der Waals surface area contributed by atoms with Gasteiger partial charge in [-0.1, -0.05) is 54.8 Å². The Morgan fingerprint density at radius 2 is 2.08 bits per heavy atom. The van der Waals surface area contributed by atoms with Crippen molar-refractivity contribution < 1.29 is 4.79 Å². The van der Waals surface area contributed by atoms with Crippen LogP contribution in [0, 0.1) is 0 Å². The van der Waals surface area contributed by atoms with Gasteiger partial charge in [0.15, 0.2) is 5.82 Å². The Morgan fingerprint density at radius 1 is 1.35 bits per heavy atom. The van der Waals surface area contributed by atoms with Gasteiger partial charge in [-0.2, -0.15) is 0 Å². The van der Waals surface area contributed by atoms with E-state index >= 15 is 0 Å². The number of aromatic nitrogens is 3. The van der Waals surface area contributed by atoms with Crippen LogP contribution in [0.1, 0.15) is 39.0 Å². The van der Waals surface area contributed by atoms with Crippen molar-refractivity contribution in [3.8, 4) is 11.4 Å². The number of benzene rings is 1. The summed E-state index contributed by atoms with van der Waals surface area (Å²) in [5, 5.41) is 9.15. The zero-order chi connectivity index (χ0) is 18.7. The van der Waals surface area contributed by atoms with Gasteiger partial charge in [-0.05, 0) is 31.9 Å². The van der Waals surface area contributed by atoms with Gasteiger partial charge in [0.25, 0.3) is 0 Å². The summed E-state index contributed by atoms with van der Waals surface area (Å²) in [5.74, 6) is 6.78. The molecule has 1 aromatic heterocycles. The first-order chi connectivity index (χ1) is 12.5. The standard InChI is InChI=1S/C18H24ClN5OS/c1-12(17(25)23(2)15-9-4-3-5-10-15)26-18-22-21-16(24(18)20)13-7-6-8-14(19)11-13/h6-8,11-12,15H,3-5,9-10,20H2,1-2H3. The molecule has 1 aliphatic rings. The molecular formula is C18H24ClN5OS. The number of nitrogens with two attached hydrogens (primary N) is 1. The number of nitrogen functional groups attached to an aromatic ring is 1. The Hall–Kier alpha value is -1.73. The second-order valence-corrected chi connectivity index (χ2v) is 8.43. The van der Waals surface area contributed by atoms with Gasteiger partial charge in [0.2, 0.25) is 11.1 Å². The van der Waals surface area contributed by atoms with Crippen LogP contribution >= 0.6 is 23.4 Å². The zero-order valence-electron chi connectivity index (χ0n) is 15.1. The van der Waals surface area contributed by atoms with Gasteiger partial charge in [-0.3, -0.25) is 4.79 Å². The molecule has 26 heavy (non-hydrogen) atoms. The number of carbonyl (C=O) groups excluding carboxylic acids is 1. The predicted molar refractivity (Wildman–Crippen MR) is 106 cm³/mol. The highest BCUT2D eigenvalue weighted by atomic mass is 35.5. The average molecular weight is 394 g/mol. The highest BCUT2D eigenvalue weighted by Crippen LogP contribution is 2.28. The summed E-state index contributed by atoms with van der Waals surface area (Å²) in [6.07, 6.45) is 5.84. The Bertz CT molecular complexity index is 775. The van der Waals surface area contributed by atoms with Crippen LogP contribution in [0.4, 0.5) is 0 Å². The summed E-state index contributed by atoms with van der Waals surface area (Å²) in [7, 11) is 1.90. The van der Waals surface area contributed by atoms with E-state index in [0.29, 0.717) is 22.0 Å². The molecule has 8 heteroatoms. The number of thioether (sulfide) groups is 1. The second kappa shape index (κ2) is 8.31. The number of hydrogen-bond acceptors (Lipinski definition) is 5. The lowest BCUT2D eigenvalue weighted by Gasteiger charge is -2.32. The molecule has 1 aromatic carbocycles. The number of carbonyl (C=O) groups is 1. The first-order valence-electron chi connectivity index (χ1n) is 8.87. The van der Waals surface area contributed by atoms with E-state index in [1.165, 1.54) is 35.7 Å². The fourth-order valence-electron chi connectivity index (χ4n) is 3.33. The molecule has 3 rings (SSSR count). The fourth-order valence-corrected chi connectivity index (χ4v) is 4.39. The second-order valence-electron chi connectivity index (χ2n) is 6.69. The van der Waals surface area contributed by atoms with Crippen LogP contribution in [0.15, 0.2) is 29.4 Å². The molecule has 0 aliphatic heterocycles. The molecule has 0 radical (unpaired) electrons. The Kier molecular flexibility index (Phi) is 6.09. The first kappa shape index (κ1) is 19.0. The van der Waals surface area contributed by atoms with E-state index in [0.717, 1.165) is 18.4 Å². The van der Waals surface area contributed by atoms with Crippen LogP contribution in [-0.4, -0.2) is 44.0 Å². The fraction of sp³-hybridized carbons (Fsp3) is 0.500. The molecule has 0 bridgehead atoms. The van der Waals surface area contributed by atoms with Gasteiger partial charge < -0.3 is 10.7 Å². The van der Waals surface area contributed by atoms with Gasteiger partial charge in [-0.15, -0.1) is 10.2 Å². The van der Waals surface area contributed by atoms with Crippen molar-refractivity contribution in [3.63, 3.8) is 0 Å². The lowest BCUT2D eigenvalue weighted by molar-refractivity contribution is -0.131. The molecule has 1 fully saturated rings. The molecular weight excluding hydrogens is 370 g/mol. The van der Waals surface area contributed by atoms with Crippen molar-refractivity contribution in [2.24, 2.45) is 0 Å². The third kappa shape index (κ3) is 4.15. The largest absolute Gasteiger partial charge is 0.342 e. The van der Waals surface area contributed by atoms with Crippen molar-refractivity contribution in [3.05, 3.63) is 29.3 Å². The minimum atomic E-state index is -0.277. The van der Waals surface area contributed by atoms with Crippen molar-refractivity contribution in [1.29, 1.82) is 0 Å². The number of amides is 1. The summed E-state index contributed by atoms with van der Waals surface area (Å²) in [5.41, 5.74) is 0.789. The van der Waals surface area contributed by atoms with Crippen molar-refractivity contribution in [2.75, 3.05) is 12.9 Å². The van der Waals surface area contributed by atoms with Crippen molar-refractivity contribution in [1.82, 2.24) is 19.8 Å². The molecule has 2 N–H and O–H groups in total. The molecule has 140 valence electrons. The number of nitrogens with zero attached hydrogens (tertiary/aromatic N) is 4. The average Bonchev–Trinajstić information content (AvgIpc) is 3.01. The summed E-state index contributed by atoms with van der Waals surface area (Å²) < 4.78 is 1.42. The van der Waals surface area contributed by atoms with Crippen molar-refractivity contribution >= 4 is 29.3 Å². The highest BCUT2D eigenvalue weighted by molar-refractivity contribution is 8.00. The van der Waals surface area contributed by atoms with E-state index in [1.807, 2.05) is 31.0 Å². The molecule has 1 amide bonds. The van der Waals surface area contributed by atoms with E-state index in [2.05, 4.69) is 10.2 Å². The molecule has 1 heterocycles. The Balaban J connectivity index is 1.69. The van der Waals surface area contributed by atoms with E-state index < -0.39 is 0 Å². The highest BCUT2D eigenvalue weighted by Gasteiger charge is 2.27. The zero-order valence-corrected chi connectivity index (χ0v) is 16.6. The Labute approximate surface area is 163 Å². The van der Waals surface area contributed by atoms with Gasteiger partial charge in [0.05, 0.1) is 5.25 Å². The Morgan fingerprint density at radius 3 is 2.77 bits per heavy atom. The SMILES string of the molecule is CC(Sc1nnc(-c2cccc(Cl)c2)n1N)C(=O)N(C)C1CCCCC1. The lowest BCUT2D eigenvalue weighted by atomic mass is 9.94. The van der Waals surface area contributed by atoms with Crippen LogP contribution in [0.5, 0.6) is 0 Å². The van der Waals surface area contributed by atoms with Gasteiger partial charge in [0, 0.05) is 23.7 Å². The van der Waals surface area contributed by atoms with E-state index in [1.54, 1.807) is 12.1 Å². The smallest absolute Gasteiger partial charge is 0.235 e. The minimum Gasteiger partial charge on any atom is -0.342 e. The van der Waals surface area contributed by atoms with Crippen LogP contribution in [0.25, 0.3) is 11.4 Å². The molecule has 0 spiro atoms.